The second kappa shape index (κ2) is 9.22. The van der Waals surface area contributed by atoms with E-state index in [4.69, 9.17) is 4.74 Å². The zero-order chi connectivity index (χ0) is 22.6. The van der Waals surface area contributed by atoms with Gasteiger partial charge >= 0.3 is 12.3 Å². The lowest BCUT2D eigenvalue weighted by Gasteiger charge is -2.27. The van der Waals surface area contributed by atoms with Gasteiger partial charge in [-0.1, -0.05) is 50.2 Å². The minimum Gasteiger partial charge on any atom is -0.487 e. The SMILES string of the molecule is CC(C)(CNCc1cccc(OCC(F)(F)C(F)F)c1)c1cccc2ccc(F)cc12. The van der Waals surface area contributed by atoms with Crippen molar-refractivity contribution >= 4 is 10.8 Å². The molecule has 0 bridgehead atoms. The maximum absolute atomic E-state index is 13.8. The van der Waals surface area contributed by atoms with Gasteiger partial charge in [-0.25, -0.2) is 13.2 Å². The highest BCUT2D eigenvalue weighted by Crippen LogP contribution is 2.31. The molecule has 0 amide bonds. The van der Waals surface area contributed by atoms with Gasteiger partial charge in [-0.15, -0.1) is 0 Å². The highest BCUT2D eigenvalue weighted by molar-refractivity contribution is 5.86. The Morgan fingerprint density at radius 3 is 2.45 bits per heavy atom. The van der Waals surface area contributed by atoms with E-state index in [1.54, 1.807) is 18.2 Å². The van der Waals surface area contributed by atoms with Crippen LogP contribution in [0.15, 0.2) is 60.7 Å². The number of fused-ring (bicyclic) bond motifs is 1. The first-order chi connectivity index (χ1) is 14.6. The van der Waals surface area contributed by atoms with E-state index in [9.17, 15) is 22.0 Å². The van der Waals surface area contributed by atoms with Gasteiger partial charge in [-0.2, -0.15) is 8.78 Å². The molecule has 2 nitrogen and oxygen atoms in total. The summed E-state index contributed by atoms with van der Waals surface area (Å²) >= 11 is 0. The average molecular weight is 437 g/mol. The largest absolute Gasteiger partial charge is 0.487 e. The molecule has 0 aliphatic rings. The number of alkyl halides is 4. The molecule has 1 N–H and O–H groups in total. The van der Waals surface area contributed by atoms with Crippen molar-refractivity contribution < 1.29 is 26.7 Å². The van der Waals surface area contributed by atoms with Crippen molar-refractivity contribution in [1.29, 1.82) is 0 Å². The Bertz CT molecular complexity index is 1040. The fraction of sp³-hybridized carbons (Fsp3) is 0.333. The summed E-state index contributed by atoms with van der Waals surface area (Å²) in [4.78, 5) is 0. The summed E-state index contributed by atoms with van der Waals surface area (Å²) in [5.74, 6) is -4.39. The van der Waals surface area contributed by atoms with Crippen molar-refractivity contribution in [3.63, 3.8) is 0 Å². The Hall–Kier alpha value is -2.67. The maximum Gasteiger partial charge on any atom is 0.340 e. The number of rotatable bonds is 9. The maximum atomic E-state index is 13.8. The van der Waals surface area contributed by atoms with Crippen LogP contribution in [-0.4, -0.2) is 25.5 Å². The van der Waals surface area contributed by atoms with Gasteiger partial charge < -0.3 is 10.1 Å². The number of benzene rings is 3. The Labute approximate surface area is 178 Å². The molecule has 0 aliphatic heterocycles. The van der Waals surface area contributed by atoms with Gasteiger partial charge in [0, 0.05) is 18.5 Å². The predicted octanol–water partition coefficient (Wildman–Crippen LogP) is 6.33. The average Bonchev–Trinajstić information content (AvgIpc) is 2.72. The first-order valence-electron chi connectivity index (χ1n) is 9.86. The highest BCUT2D eigenvalue weighted by Gasteiger charge is 2.41. The standard InChI is InChI=1S/C24H24F5NO/c1-23(2,21-8-4-6-17-9-10-18(25)12-20(17)21)14-30-13-16-5-3-7-19(11-16)31-15-24(28,29)22(26)27/h3-12,22,30H,13-15H2,1-2H3. The highest BCUT2D eigenvalue weighted by atomic mass is 19.3. The normalized spacial score (nSPS) is 12.5. The van der Waals surface area contributed by atoms with E-state index in [1.165, 1.54) is 24.3 Å². The molecule has 3 aromatic carbocycles. The van der Waals surface area contributed by atoms with Gasteiger partial charge in [0.05, 0.1) is 0 Å². The fourth-order valence-corrected chi connectivity index (χ4v) is 3.44. The third-order valence-electron chi connectivity index (χ3n) is 5.12. The van der Waals surface area contributed by atoms with E-state index in [2.05, 4.69) is 5.32 Å². The molecule has 0 heterocycles. The van der Waals surface area contributed by atoms with Crippen LogP contribution >= 0.6 is 0 Å². The molecule has 0 atom stereocenters. The summed E-state index contributed by atoms with van der Waals surface area (Å²) in [5, 5.41) is 5.13. The van der Waals surface area contributed by atoms with Crippen molar-refractivity contribution in [3.05, 3.63) is 77.6 Å². The minimum absolute atomic E-state index is 0.100. The molecule has 7 heteroatoms. The Morgan fingerprint density at radius 2 is 1.71 bits per heavy atom. The Morgan fingerprint density at radius 1 is 0.968 bits per heavy atom. The number of hydrogen-bond acceptors (Lipinski definition) is 2. The minimum atomic E-state index is -4.20. The first-order valence-corrected chi connectivity index (χ1v) is 9.86. The van der Waals surface area contributed by atoms with Crippen molar-refractivity contribution in [2.75, 3.05) is 13.2 Å². The van der Waals surface area contributed by atoms with Crippen molar-refractivity contribution in [2.24, 2.45) is 0 Å². The van der Waals surface area contributed by atoms with Crippen LogP contribution in [0, 0.1) is 5.82 Å². The van der Waals surface area contributed by atoms with E-state index in [-0.39, 0.29) is 17.0 Å². The molecule has 0 aromatic heterocycles. The summed E-state index contributed by atoms with van der Waals surface area (Å²) in [6.07, 6.45) is -3.78. The molecule has 31 heavy (non-hydrogen) atoms. The summed E-state index contributed by atoms with van der Waals surface area (Å²) in [6, 6.07) is 16.9. The smallest absolute Gasteiger partial charge is 0.340 e. The predicted molar refractivity (Wildman–Crippen MR) is 112 cm³/mol. The molecule has 3 rings (SSSR count). The van der Waals surface area contributed by atoms with Crippen molar-refractivity contribution in [3.8, 4) is 5.75 Å². The zero-order valence-electron chi connectivity index (χ0n) is 17.3. The van der Waals surface area contributed by atoms with Gasteiger partial charge in [0.1, 0.15) is 11.6 Å². The van der Waals surface area contributed by atoms with E-state index < -0.39 is 19.0 Å². The lowest BCUT2D eigenvalue weighted by atomic mass is 9.81. The zero-order valence-corrected chi connectivity index (χ0v) is 17.3. The molecule has 0 fully saturated rings. The third-order valence-corrected chi connectivity index (χ3v) is 5.12. The van der Waals surface area contributed by atoms with Crippen LogP contribution in [0.3, 0.4) is 0 Å². The van der Waals surface area contributed by atoms with Crippen LogP contribution < -0.4 is 10.1 Å². The molecule has 0 saturated carbocycles. The number of nitrogens with one attached hydrogen (secondary N) is 1. The summed E-state index contributed by atoms with van der Waals surface area (Å²) < 4.78 is 69.3. The molecule has 0 saturated heterocycles. The van der Waals surface area contributed by atoms with Crippen LogP contribution in [0.25, 0.3) is 10.8 Å². The monoisotopic (exact) mass is 437 g/mol. The quantitative estimate of drug-likeness (QED) is 0.395. The summed E-state index contributed by atoms with van der Waals surface area (Å²) in [5.41, 5.74) is 1.45. The summed E-state index contributed by atoms with van der Waals surface area (Å²) in [6.45, 7) is 3.70. The third kappa shape index (κ3) is 5.73. The van der Waals surface area contributed by atoms with E-state index in [1.807, 2.05) is 32.0 Å². The number of ether oxygens (including phenoxy) is 1. The molecular weight excluding hydrogens is 413 g/mol. The van der Waals surface area contributed by atoms with Crippen LogP contribution in [0.2, 0.25) is 0 Å². The number of hydrogen-bond donors (Lipinski definition) is 1. The van der Waals surface area contributed by atoms with Gasteiger partial charge in [0.25, 0.3) is 0 Å². The molecule has 0 unspecified atom stereocenters. The van der Waals surface area contributed by atoms with Gasteiger partial charge in [0.2, 0.25) is 0 Å². The second-order valence-electron chi connectivity index (χ2n) is 8.16. The van der Waals surface area contributed by atoms with Gasteiger partial charge in [0.15, 0.2) is 6.61 Å². The topological polar surface area (TPSA) is 21.3 Å². The fourth-order valence-electron chi connectivity index (χ4n) is 3.44. The second-order valence-corrected chi connectivity index (χ2v) is 8.16. The van der Waals surface area contributed by atoms with Crippen LogP contribution in [0.5, 0.6) is 5.75 Å². The van der Waals surface area contributed by atoms with Gasteiger partial charge in [-0.3, -0.25) is 0 Å². The van der Waals surface area contributed by atoms with Crippen LogP contribution in [-0.2, 0) is 12.0 Å². The molecule has 0 spiro atoms. The van der Waals surface area contributed by atoms with E-state index >= 15 is 0 Å². The lowest BCUT2D eigenvalue weighted by molar-refractivity contribution is -0.148. The molecule has 0 aliphatic carbocycles. The Balaban J connectivity index is 1.64. The molecule has 166 valence electrons. The van der Waals surface area contributed by atoms with Crippen LogP contribution in [0.1, 0.15) is 25.0 Å². The molecule has 3 aromatic rings. The lowest BCUT2D eigenvalue weighted by Crippen LogP contribution is -2.34. The van der Waals surface area contributed by atoms with Crippen molar-refractivity contribution in [2.45, 2.75) is 38.2 Å². The molecule has 0 radical (unpaired) electrons. The van der Waals surface area contributed by atoms with Crippen LogP contribution in [0.4, 0.5) is 22.0 Å². The Kier molecular flexibility index (Phi) is 6.84. The molecular formula is C24H24F5NO. The van der Waals surface area contributed by atoms with Crippen molar-refractivity contribution in [1.82, 2.24) is 5.32 Å². The van der Waals surface area contributed by atoms with E-state index in [0.29, 0.717) is 13.1 Å². The number of halogens is 5. The van der Waals surface area contributed by atoms with E-state index in [0.717, 1.165) is 21.9 Å². The first kappa shape index (κ1) is 23.0. The van der Waals surface area contributed by atoms with Gasteiger partial charge in [-0.05, 0) is 46.2 Å². The summed E-state index contributed by atoms with van der Waals surface area (Å²) in [7, 11) is 0.